The van der Waals surface area contributed by atoms with Crippen LogP contribution in [0, 0.1) is 5.82 Å². The molecule has 0 aliphatic carbocycles. The van der Waals surface area contributed by atoms with Gasteiger partial charge in [0.1, 0.15) is 5.82 Å². The highest BCUT2D eigenvalue weighted by Gasteiger charge is 2.10. The smallest absolute Gasteiger partial charge is 0.193 e. The Labute approximate surface area is 112 Å². The van der Waals surface area contributed by atoms with E-state index in [0.29, 0.717) is 17.7 Å². The average molecular weight is 257 g/mol. The molecule has 0 spiro atoms. The Balaban J connectivity index is 2.22. The first-order chi connectivity index (χ1) is 9.11. The monoisotopic (exact) mass is 257 g/mol. The van der Waals surface area contributed by atoms with Crippen LogP contribution < -0.4 is 5.73 Å². The largest absolute Gasteiger partial charge is 0.330 e. The summed E-state index contributed by atoms with van der Waals surface area (Å²) in [6.45, 7) is 2.61. The van der Waals surface area contributed by atoms with Crippen molar-refractivity contribution in [3.63, 3.8) is 0 Å². The molecule has 2 aromatic rings. The summed E-state index contributed by atoms with van der Waals surface area (Å²) in [7, 11) is 0. The van der Waals surface area contributed by atoms with Crippen LogP contribution in [0.5, 0.6) is 0 Å². The van der Waals surface area contributed by atoms with E-state index < -0.39 is 0 Å². The number of hydrogen-bond acceptors (Lipinski definition) is 2. The van der Waals surface area contributed by atoms with Crippen LogP contribution in [0.4, 0.5) is 4.39 Å². The molecule has 2 nitrogen and oxygen atoms in total. The quantitative estimate of drug-likeness (QED) is 0.855. The fraction of sp³-hybridized carbons (Fsp3) is 0.188. The van der Waals surface area contributed by atoms with Gasteiger partial charge in [0.15, 0.2) is 5.78 Å². The zero-order chi connectivity index (χ0) is 13.8. The summed E-state index contributed by atoms with van der Waals surface area (Å²) in [4.78, 5) is 12.2. The van der Waals surface area contributed by atoms with Gasteiger partial charge >= 0.3 is 0 Å². The Morgan fingerprint density at radius 2 is 1.53 bits per heavy atom. The van der Waals surface area contributed by atoms with E-state index in [2.05, 4.69) is 0 Å². The summed E-state index contributed by atoms with van der Waals surface area (Å²) in [5, 5.41) is 0. The van der Waals surface area contributed by atoms with Crippen LogP contribution in [0.3, 0.4) is 0 Å². The van der Waals surface area contributed by atoms with E-state index in [1.165, 1.54) is 24.3 Å². The summed E-state index contributed by atoms with van der Waals surface area (Å²) < 4.78 is 12.8. The van der Waals surface area contributed by atoms with Gasteiger partial charge < -0.3 is 5.73 Å². The second kappa shape index (κ2) is 5.76. The Hall–Kier alpha value is -2.00. The topological polar surface area (TPSA) is 43.1 Å². The van der Waals surface area contributed by atoms with Crippen molar-refractivity contribution in [3.05, 3.63) is 71.0 Å². The third kappa shape index (κ3) is 3.06. The van der Waals surface area contributed by atoms with Crippen LogP contribution in [-0.4, -0.2) is 12.3 Å². The summed E-state index contributed by atoms with van der Waals surface area (Å²) in [6, 6.07) is 13.0. The van der Waals surface area contributed by atoms with Crippen molar-refractivity contribution in [2.75, 3.05) is 6.54 Å². The minimum Gasteiger partial charge on any atom is -0.330 e. The molecule has 0 bridgehead atoms. The molecule has 1 unspecified atom stereocenters. The number of carbonyl (C=O) groups is 1. The van der Waals surface area contributed by atoms with Gasteiger partial charge in [-0.3, -0.25) is 4.79 Å². The van der Waals surface area contributed by atoms with Crippen LogP contribution in [0.2, 0.25) is 0 Å². The van der Waals surface area contributed by atoms with Crippen molar-refractivity contribution in [1.82, 2.24) is 0 Å². The third-order valence-electron chi connectivity index (χ3n) is 3.20. The number of hydrogen-bond donors (Lipinski definition) is 1. The zero-order valence-corrected chi connectivity index (χ0v) is 10.8. The van der Waals surface area contributed by atoms with Gasteiger partial charge in [-0.15, -0.1) is 0 Å². The summed E-state index contributed by atoms with van der Waals surface area (Å²) in [5.41, 5.74) is 7.80. The van der Waals surface area contributed by atoms with Crippen molar-refractivity contribution < 1.29 is 9.18 Å². The predicted octanol–water partition coefficient (Wildman–Crippen LogP) is 3.12. The summed E-state index contributed by atoms with van der Waals surface area (Å²) in [5.74, 6) is -0.175. The van der Waals surface area contributed by atoms with E-state index >= 15 is 0 Å². The van der Waals surface area contributed by atoms with Gasteiger partial charge in [0.05, 0.1) is 0 Å². The molecule has 0 aliphatic rings. The first kappa shape index (κ1) is 13.4. The number of rotatable bonds is 4. The molecule has 0 aliphatic heterocycles. The molecule has 98 valence electrons. The summed E-state index contributed by atoms with van der Waals surface area (Å²) in [6.07, 6.45) is 0. The van der Waals surface area contributed by atoms with Gasteiger partial charge in [-0.2, -0.15) is 0 Å². The highest BCUT2D eigenvalue weighted by molar-refractivity contribution is 6.08. The molecule has 19 heavy (non-hydrogen) atoms. The molecule has 3 heteroatoms. The van der Waals surface area contributed by atoms with E-state index in [1.807, 2.05) is 19.1 Å². The van der Waals surface area contributed by atoms with Crippen molar-refractivity contribution in [2.24, 2.45) is 5.73 Å². The van der Waals surface area contributed by atoms with E-state index in [1.54, 1.807) is 12.1 Å². The van der Waals surface area contributed by atoms with Gasteiger partial charge in [-0.1, -0.05) is 31.2 Å². The lowest BCUT2D eigenvalue weighted by atomic mass is 9.97. The first-order valence-electron chi connectivity index (χ1n) is 6.22. The standard InChI is InChI=1S/C16H16FNO/c1-11(10-18)12-2-4-13(5-3-12)16(19)14-6-8-15(17)9-7-14/h2-9,11H,10,18H2,1H3. The molecule has 0 radical (unpaired) electrons. The van der Waals surface area contributed by atoms with Crippen molar-refractivity contribution >= 4 is 5.78 Å². The maximum absolute atomic E-state index is 12.8. The molecule has 1 atom stereocenters. The predicted molar refractivity (Wildman–Crippen MR) is 73.7 cm³/mol. The Morgan fingerprint density at radius 3 is 2.00 bits per heavy atom. The third-order valence-corrected chi connectivity index (χ3v) is 3.20. The first-order valence-corrected chi connectivity index (χ1v) is 6.22. The van der Waals surface area contributed by atoms with E-state index in [9.17, 15) is 9.18 Å². The Bertz CT molecular complexity index is 560. The number of ketones is 1. The van der Waals surface area contributed by atoms with E-state index in [-0.39, 0.29) is 17.5 Å². The van der Waals surface area contributed by atoms with Gasteiger partial charge in [-0.25, -0.2) is 4.39 Å². The second-order valence-electron chi connectivity index (χ2n) is 4.59. The highest BCUT2D eigenvalue weighted by atomic mass is 19.1. The molecule has 0 amide bonds. The van der Waals surface area contributed by atoms with Gasteiger partial charge in [0.2, 0.25) is 0 Å². The number of carbonyl (C=O) groups excluding carboxylic acids is 1. The van der Waals surface area contributed by atoms with Crippen LogP contribution in [0.15, 0.2) is 48.5 Å². The van der Waals surface area contributed by atoms with Crippen LogP contribution in [0.25, 0.3) is 0 Å². The average Bonchev–Trinajstić information content (AvgIpc) is 2.46. The summed E-state index contributed by atoms with van der Waals surface area (Å²) >= 11 is 0. The molecule has 0 heterocycles. The molecule has 0 fully saturated rings. The molecule has 2 N–H and O–H groups in total. The number of nitrogens with two attached hydrogens (primary N) is 1. The molecule has 0 saturated carbocycles. The fourth-order valence-electron chi connectivity index (χ4n) is 1.87. The molecule has 2 rings (SSSR count). The SMILES string of the molecule is CC(CN)c1ccc(C(=O)c2ccc(F)cc2)cc1. The Kier molecular flexibility index (Phi) is 4.07. The molecule has 2 aromatic carbocycles. The minimum atomic E-state index is -0.344. The normalized spacial score (nSPS) is 12.2. The van der Waals surface area contributed by atoms with Crippen LogP contribution >= 0.6 is 0 Å². The number of halogens is 1. The highest BCUT2D eigenvalue weighted by Crippen LogP contribution is 2.16. The maximum Gasteiger partial charge on any atom is 0.193 e. The zero-order valence-electron chi connectivity index (χ0n) is 10.8. The molecular formula is C16H16FNO. The minimum absolute atomic E-state index is 0.105. The lowest BCUT2D eigenvalue weighted by molar-refractivity contribution is 0.103. The Morgan fingerprint density at radius 1 is 1.05 bits per heavy atom. The van der Waals surface area contributed by atoms with Crippen molar-refractivity contribution in [2.45, 2.75) is 12.8 Å². The van der Waals surface area contributed by atoms with Crippen molar-refractivity contribution in [1.29, 1.82) is 0 Å². The second-order valence-corrected chi connectivity index (χ2v) is 4.59. The lowest BCUT2D eigenvalue weighted by Gasteiger charge is -2.09. The van der Waals surface area contributed by atoms with Crippen LogP contribution in [0.1, 0.15) is 34.3 Å². The fourth-order valence-corrected chi connectivity index (χ4v) is 1.87. The maximum atomic E-state index is 12.8. The van der Waals surface area contributed by atoms with Gasteiger partial charge in [0.25, 0.3) is 0 Å². The van der Waals surface area contributed by atoms with E-state index in [4.69, 9.17) is 5.73 Å². The van der Waals surface area contributed by atoms with Gasteiger partial charge in [0, 0.05) is 11.1 Å². The van der Waals surface area contributed by atoms with Crippen LogP contribution in [-0.2, 0) is 0 Å². The van der Waals surface area contributed by atoms with E-state index in [0.717, 1.165) is 5.56 Å². The molecule has 0 aromatic heterocycles. The molecule has 0 saturated heterocycles. The molecular weight excluding hydrogens is 241 g/mol. The lowest BCUT2D eigenvalue weighted by Crippen LogP contribution is -2.09. The number of benzene rings is 2. The van der Waals surface area contributed by atoms with Crippen molar-refractivity contribution in [3.8, 4) is 0 Å². The van der Waals surface area contributed by atoms with Gasteiger partial charge in [-0.05, 0) is 42.3 Å².